The van der Waals surface area contributed by atoms with Crippen molar-refractivity contribution in [2.24, 2.45) is 0 Å². The number of ether oxygens (including phenoxy) is 1. The van der Waals surface area contributed by atoms with Crippen LogP contribution < -0.4 is 5.73 Å². The Labute approximate surface area is 142 Å². The normalized spacial score (nSPS) is 29.0. The summed E-state index contributed by atoms with van der Waals surface area (Å²) < 4.78 is 34.5. The zero-order valence-corrected chi connectivity index (χ0v) is 14.5. The molecule has 2 saturated heterocycles. The number of piperidine rings is 1. The number of aryl methyl sites for hydroxylation is 1. The second-order valence-electron chi connectivity index (χ2n) is 6.84. The summed E-state index contributed by atoms with van der Waals surface area (Å²) >= 11 is 0. The molecule has 0 aromatic carbocycles. The van der Waals surface area contributed by atoms with Gasteiger partial charge in [0.05, 0.1) is 18.9 Å². The molecule has 8 nitrogen and oxygen atoms in total. The lowest BCUT2D eigenvalue weighted by Crippen LogP contribution is -2.54. The highest BCUT2D eigenvalue weighted by atomic mass is 32.2. The van der Waals surface area contributed by atoms with Gasteiger partial charge in [-0.2, -0.15) is 17.0 Å². The topological polar surface area (TPSA) is 102 Å². The van der Waals surface area contributed by atoms with Gasteiger partial charge in [-0.1, -0.05) is 0 Å². The van der Waals surface area contributed by atoms with E-state index >= 15 is 0 Å². The molecule has 24 heavy (non-hydrogen) atoms. The summed E-state index contributed by atoms with van der Waals surface area (Å²) in [6, 6.07) is 0. The minimum absolute atomic E-state index is 0.218. The SMILES string of the molecule is Nc1ncc2c(n1)C1(CCCN(S(=O)(=O)N3CCOCC3)C1)CC2. The molecule has 1 atom stereocenters. The van der Waals surface area contributed by atoms with Gasteiger partial charge in [0.25, 0.3) is 10.2 Å². The molecule has 2 fully saturated rings. The zero-order chi connectivity index (χ0) is 16.8. The average Bonchev–Trinajstić information content (AvgIpc) is 2.93. The van der Waals surface area contributed by atoms with E-state index in [9.17, 15) is 8.42 Å². The Morgan fingerprint density at radius 1 is 1.17 bits per heavy atom. The number of hydrogen-bond donors (Lipinski definition) is 1. The van der Waals surface area contributed by atoms with Crippen molar-refractivity contribution in [2.45, 2.75) is 31.1 Å². The molecule has 132 valence electrons. The van der Waals surface area contributed by atoms with Gasteiger partial charge in [-0.15, -0.1) is 0 Å². The second kappa shape index (κ2) is 5.91. The Morgan fingerprint density at radius 3 is 2.75 bits per heavy atom. The summed E-state index contributed by atoms with van der Waals surface area (Å²) in [5.74, 6) is 0.267. The smallest absolute Gasteiger partial charge is 0.282 e. The molecule has 1 spiro atoms. The molecule has 0 bridgehead atoms. The van der Waals surface area contributed by atoms with Crippen molar-refractivity contribution < 1.29 is 13.2 Å². The Hall–Kier alpha value is -1.29. The van der Waals surface area contributed by atoms with Crippen LogP contribution in [0.2, 0.25) is 0 Å². The largest absolute Gasteiger partial charge is 0.379 e. The summed E-state index contributed by atoms with van der Waals surface area (Å²) in [7, 11) is -3.45. The molecular formula is C15H23N5O3S. The van der Waals surface area contributed by atoms with Crippen molar-refractivity contribution in [3.05, 3.63) is 17.5 Å². The fourth-order valence-electron chi connectivity index (χ4n) is 4.18. The van der Waals surface area contributed by atoms with Gasteiger partial charge in [-0.25, -0.2) is 9.97 Å². The number of morpholine rings is 1. The summed E-state index contributed by atoms with van der Waals surface area (Å²) in [5.41, 5.74) is 7.63. The molecule has 3 aliphatic rings. The van der Waals surface area contributed by atoms with Crippen LogP contribution in [0.25, 0.3) is 0 Å². The Kier molecular flexibility index (Phi) is 3.98. The first-order chi connectivity index (χ1) is 11.5. The quantitative estimate of drug-likeness (QED) is 0.798. The summed E-state index contributed by atoms with van der Waals surface area (Å²) in [4.78, 5) is 8.55. The van der Waals surface area contributed by atoms with E-state index < -0.39 is 10.2 Å². The number of hydrogen-bond acceptors (Lipinski definition) is 6. The van der Waals surface area contributed by atoms with E-state index in [1.165, 1.54) is 0 Å². The lowest BCUT2D eigenvalue weighted by molar-refractivity contribution is 0.0685. The second-order valence-corrected chi connectivity index (χ2v) is 8.77. The van der Waals surface area contributed by atoms with Gasteiger partial charge in [0.1, 0.15) is 0 Å². The number of nitrogens with two attached hydrogens (primary N) is 1. The van der Waals surface area contributed by atoms with Gasteiger partial charge < -0.3 is 10.5 Å². The third-order valence-electron chi connectivity index (χ3n) is 5.42. The molecule has 0 radical (unpaired) electrons. The summed E-state index contributed by atoms with van der Waals surface area (Å²) in [6.45, 7) is 2.83. The number of fused-ring (bicyclic) bond motifs is 2. The van der Waals surface area contributed by atoms with E-state index in [1.807, 2.05) is 0 Å². The fourth-order valence-corrected chi connectivity index (χ4v) is 5.89. The maximum absolute atomic E-state index is 13.0. The molecule has 4 rings (SSSR count). The monoisotopic (exact) mass is 353 g/mol. The van der Waals surface area contributed by atoms with E-state index in [1.54, 1.807) is 14.8 Å². The van der Waals surface area contributed by atoms with Crippen molar-refractivity contribution >= 4 is 16.2 Å². The summed E-state index contributed by atoms with van der Waals surface area (Å²) in [6.07, 6.45) is 5.39. The highest BCUT2D eigenvalue weighted by molar-refractivity contribution is 7.86. The van der Waals surface area contributed by atoms with Crippen LogP contribution in [-0.2, 0) is 26.8 Å². The standard InChI is InChI=1S/C15H23N5O3S/c16-14-17-10-12-2-4-15(13(12)18-14)3-1-5-20(11-15)24(21,22)19-6-8-23-9-7-19/h10H,1-9,11H2,(H2,16,17,18). The van der Waals surface area contributed by atoms with Crippen LogP contribution in [0.3, 0.4) is 0 Å². The Bertz CT molecular complexity index is 731. The van der Waals surface area contributed by atoms with Gasteiger partial charge >= 0.3 is 0 Å². The van der Waals surface area contributed by atoms with Gasteiger partial charge in [0, 0.05) is 37.8 Å². The van der Waals surface area contributed by atoms with E-state index in [0.717, 1.165) is 36.9 Å². The Balaban J connectivity index is 1.62. The first kappa shape index (κ1) is 16.2. The molecule has 2 aliphatic heterocycles. The molecule has 0 amide bonds. The van der Waals surface area contributed by atoms with Crippen LogP contribution in [0.4, 0.5) is 5.95 Å². The predicted octanol–water partition coefficient (Wildman–Crippen LogP) is -0.0844. The van der Waals surface area contributed by atoms with Crippen molar-refractivity contribution in [2.75, 3.05) is 45.1 Å². The highest BCUT2D eigenvalue weighted by Gasteiger charge is 2.47. The zero-order valence-electron chi connectivity index (χ0n) is 13.6. The van der Waals surface area contributed by atoms with Crippen LogP contribution in [0.5, 0.6) is 0 Å². The summed E-state index contributed by atoms with van der Waals surface area (Å²) in [5, 5.41) is 0. The number of anilines is 1. The van der Waals surface area contributed by atoms with E-state index in [-0.39, 0.29) is 11.4 Å². The first-order valence-electron chi connectivity index (χ1n) is 8.46. The van der Waals surface area contributed by atoms with Gasteiger partial charge in [0.2, 0.25) is 5.95 Å². The predicted molar refractivity (Wildman–Crippen MR) is 88.6 cm³/mol. The molecule has 0 saturated carbocycles. The number of nitrogen functional groups attached to an aromatic ring is 1. The molecule has 3 heterocycles. The molecule has 1 aromatic heterocycles. The maximum atomic E-state index is 13.0. The maximum Gasteiger partial charge on any atom is 0.282 e. The van der Waals surface area contributed by atoms with E-state index in [0.29, 0.717) is 39.4 Å². The average molecular weight is 353 g/mol. The number of nitrogens with zero attached hydrogens (tertiary/aromatic N) is 4. The minimum Gasteiger partial charge on any atom is -0.379 e. The Morgan fingerprint density at radius 2 is 1.96 bits per heavy atom. The van der Waals surface area contributed by atoms with Crippen molar-refractivity contribution in [1.29, 1.82) is 0 Å². The molecule has 1 unspecified atom stereocenters. The van der Waals surface area contributed by atoms with Crippen LogP contribution >= 0.6 is 0 Å². The molecular weight excluding hydrogens is 330 g/mol. The van der Waals surface area contributed by atoms with Crippen LogP contribution in [0, 0.1) is 0 Å². The minimum atomic E-state index is -3.45. The number of aromatic nitrogens is 2. The lowest BCUT2D eigenvalue weighted by Gasteiger charge is -2.42. The first-order valence-corrected chi connectivity index (χ1v) is 9.86. The van der Waals surface area contributed by atoms with Crippen LogP contribution in [0.1, 0.15) is 30.5 Å². The fraction of sp³-hybridized carbons (Fsp3) is 0.733. The van der Waals surface area contributed by atoms with Gasteiger partial charge in [0.15, 0.2) is 0 Å². The van der Waals surface area contributed by atoms with Crippen LogP contribution in [-0.4, -0.2) is 66.4 Å². The third-order valence-corrected chi connectivity index (χ3v) is 7.40. The van der Waals surface area contributed by atoms with Crippen LogP contribution in [0.15, 0.2) is 6.20 Å². The molecule has 9 heteroatoms. The lowest BCUT2D eigenvalue weighted by atomic mass is 9.78. The molecule has 2 N–H and O–H groups in total. The van der Waals surface area contributed by atoms with Crippen molar-refractivity contribution in [3.8, 4) is 0 Å². The number of rotatable bonds is 2. The van der Waals surface area contributed by atoms with Crippen molar-refractivity contribution in [1.82, 2.24) is 18.6 Å². The van der Waals surface area contributed by atoms with Gasteiger partial charge in [-0.05, 0) is 31.2 Å². The molecule has 1 aliphatic carbocycles. The highest BCUT2D eigenvalue weighted by Crippen LogP contribution is 2.44. The van der Waals surface area contributed by atoms with E-state index in [4.69, 9.17) is 10.5 Å². The van der Waals surface area contributed by atoms with Crippen molar-refractivity contribution in [3.63, 3.8) is 0 Å². The van der Waals surface area contributed by atoms with E-state index in [2.05, 4.69) is 9.97 Å². The molecule has 1 aromatic rings. The van der Waals surface area contributed by atoms with Gasteiger partial charge in [-0.3, -0.25) is 0 Å². The third kappa shape index (κ3) is 2.59.